The van der Waals surface area contributed by atoms with Crippen molar-refractivity contribution in [2.24, 2.45) is 0 Å². The highest BCUT2D eigenvalue weighted by Crippen LogP contribution is 1.99. The third-order valence-corrected chi connectivity index (χ3v) is 2.19. The van der Waals surface area contributed by atoms with E-state index in [2.05, 4.69) is 0 Å². The Hall–Kier alpha value is -2.55. The Kier molecular flexibility index (Phi) is 8.07. The molecule has 3 rings (SSSR count). The Morgan fingerprint density at radius 2 is 0.714 bits per heavy atom. The van der Waals surface area contributed by atoms with Gasteiger partial charge in [0.1, 0.15) is 17.5 Å². The highest BCUT2D eigenvalue weighted by molar-refractivity contribution is 5.05. The summed E-state index contributed by atoms with van der Waals surface area (Å²) in [6.07, 6.45) is 0. The molecule has 3 aromatic carbocycles. The van der Waals surface area contributed by atoms with Crippen molar-refractivity contribution in [3.8, 4) is 0 Å². The third-order valence-electron chi connectivity index (χ3n) is 2.19. The van der Waals surface area contributed by atoms with Crippen molar-refractivity contribution in [2.75, 3.05) is 0 Å². The molecular formula is C18H15F3. The minimum absolute atomic E-state index is 0.178. The van der Waals surface area contributed by atoms with Crippen molar-refractivity contribution in [1.82, 2.24) is 0 Å². The van der Waals surface area contributed by atoms with Crippen LogP contribution in [0.5, 0.6) is 0 Å². The molecule has 0 radical (unpaired) electrons. The summed E-state index contributed by atoms with van der Waals surface area (Å²) in [5, 5.41) is 0. The molecule has 0 nitrogen and oxygen atoms in total. The van der Waals surface area contributed by atoms with Crippen LogP contribution in [0.25, 0.3) is 0 Å². The van der Waals surface area contributed by atoms with Gasteiger partial charge in [-0.25, -0.2) is 13.2 Å². The Morgan fingerprint density at radius 3 is 0.952 bits per heavy atom. The van der Waals surface area contributed by atoms with Crippen LogP contribution in [0.2, 0.25) is 0 Å². The first-order chi connectivity index (χ1) is 10.2. The van der Waals surface area contributed by atoms with Crippen molar-refractivity contribution in [1.29, 1.82) is 0 Å². The van der Waals surface area contributed by atoms with Gasteiger partial charge in [0.2, 0.25) is 0 Å². The fraction of sp³-hybridized carbons (Fsp3) is 0. The molecule has 3 aromatic rings. The van der Waals surface area contributed by atoms with Crippen molar-refractivity contribution in [3.63, 3.8) is 0 Å². The summed E-state index contributed by atoms with van der Waals surface area (Å²) in [5.41, 5.74) is 0. The molecule has 0 N–H and O–H groups in total. The van der Waals surface area contributed by atoms with E-state index in [1.54, 1.807) is 18.2 Å². The van der Waals surface area contributed by atoms with Gasteiger partial charge in [-0.05, 0) is 24.3 Å². The van der Waals surface area contributed by atoms with Gasteiger partial charge in [0.05, 0.1) is 0 Å². The highest BCUT2D eigenvalue weighted by atomic mass is 19.1. The fourth-order valence-electron chi connectivity index (χ4n) is 1.26. The molecule has 0 saturated carbocycles. The molecule has 0 atom stereocenters. The summed E-state index contributed by atoms with van der Waals surface area (Å²) in [5.74, 6) is -1.25. The van der Waals surface area contributed by atoms with Gasteiger partial charge in [-0.2, -0.15) is 0 Å². The van der Waals surface area contributed by atoms with Gasteiger partial charge in [-0.3, -0.25) is 0 Å². The SMILES string of the molecule is Fc1cccc(F)c1.Fc1ccccc1.c1ccccc1. The maximum Gasteiger partial charge on any atom is 0.126 e. The summed E-state index contributed by atoms with van der Waals surface area (Å²) < 4.78 is 35.8. The monoisotopic (exact) mass is 288 g/mol. The van der Waals surface area contributed by atoms with Gasteiger partial charge in [0, 0.05) is 6.07 Å². The summed E-state index contributed by atoms with van der Waals surface area (Å²) >= 11 is 0. The first-order valence-corrected chi connectivity index (χ1v) is 6.30. The maximum absolute atomic E-state index is 11.9. The zero-order chi connectivity index (χ0) is 15.3. The van der Waals surface area contributed by atoms with Gasteiger partial charge in [-0.15, -0.1) is 0 Å². The summed E-state index contributed by atoms with van der Waals surface area (Å²) in [6.45, 7) is 0. The molecule has 0 aromatic heterocycles. The number of hydrogen-bond acceptors (Lipinski definition) is 0. The van der Waals surface area contributed by atoms with E-state index >= 15 is 0 Å². The molecule has 0 saturated heterocycles. The third kappa shape index (κ3) is 9.05. The first kappa shape index (κ1) is 16.5. The largest absolute Gasteiger partial charge is 0.207 e. The molecule has 0 aliphatic heterocycles. The standard InChI is InChI=1S/C6H4F2.C6H5F.C6H6/c7-5-2-1-3-6(8)4-5;7-6-4-2-1-3-5-6;1-2-4-6-5-3-1/h1-4H;1-5H;1-6H. The molecule has 0 aliphatic rings. The van der Waals surface area contributed by atoms with Crippen molar-refractivity contribution >= 4 is 0 Å². The van der Waals surface area contributed by atoms with Crippen LogP contribution in [0.1, 0.15) is 0 Å². The molecule has 108 valence electrons. The average Bonchev–Trinajstić information content (AvgIpc) is 2.51. The van der Waals surface area contributed by atoms with E-state index in [9.17, 15) is 13.2 Å². The Balaban J connectivity index is 0.000000159. The number of benzene rings is 3. The second-order valence-corrected chi connectivity index (χ2v) is 3.89. The first-order valence-electron chi connectivity index (χ1n) is 6.30. The molecule has 0 heterocycles. The lowest BCUT2D eigenvalue weighted by molar-refractivity contribution is 0.583. The van der Waals surface area contributed by atoms with E-state index in [4.69, 9.17) is 0 Å². The van der Waals surface area contributed by atoms with E-state index in [-0.39, 0.29) is 5.82 Å². The molecule has 3 heteroatoms. The van der Waals surface area contributed by atoms with E-state index in [1.807, 2.05) is 36.4 Å². The Labute approximate surface area is 122 Å². The van der Waals surface area contributed by atoms with Gasteiger partial charge < -0.3 is 0 Å². The minimum atomic E-state index is -0.537. The van der Waals surface area contributed by atoms with Crippen LogP contribution in [-0.4, -0.2) is 0 Å². The molecule has 0 unspecified atom stereocenters. The lowest BCUT2D eigenvalue weighted by Gasteiger charge is -1.84. The Morgan fingerprint density at radius 1 is 0.381 bits per heavy atom. The molecule has 0 amide bonds. The van der Waals surface area contributed by atoms with Crippen molar-refractivity contribution in [3.05, 3.63) is 108 Å². The topological polar surface area (TPSA) is 0 Å². The smallest absolute Gasteiger partial charge is 0.126 e. The number of hydrogen-bond donors (Lipinski definition) is 0. The van der Waals surface area contributed by atoms with Crippen LogP contribution in [0.15, 0.2) is 91.0 Å². The second-order valence-electron chi connectivity index (χ2n) is 3.89. The van der Waals surface area contributed by atoms with Crippen LogP contribution in [0, 0.1) is 17.5 Å². The number of halogens is 3. The molecule has 0 fully saturated rings. The fourth-order valence-corrected chi connectivity index (χ4v) is 1.26. The lowest BCUT2D eigenvalue weighted by atomic mass is 10.3. The number of rotatable bonds is 0. The van der Waals surface area contributed by atoms with Crippen LogP contribution >= 0.6 is 0 Å². The van der Waals surface area contributed by atoms with E-state index in [1.165, 1.54) is 30.3 Å². The summed E-state index contributed by atoms with van der Waals surface area (Å²) in [6, 6.07) is 24.5. The van der Waals surface area contributed by atoms with E-state index < -0.39 is 11.6 Å². The van der Waals surface area contributed by atoms with Crippen molar-refractivity contribution in [2.45, 2.75) is 0 Å². The van der Waals surface area contributed by atoms with E-state index in [0.717, 1.165) is 6.07 Å². The quantitative estimate of drug-likeness (QED) is 0.514. The molecule has 21 heavy (non-hydrogen) atoms. The predicted octanol–water partition coefficient (Wildman–Crippen LogP) is 5.48. The second kappa shape index (κ2) is 10.3. The zero-order valence-corrected chi connectivity index (χ0v) is 11.3. The lowest BCUT2D eigenvalue weighted by Crippen LogP contribution is -1.73. The van der Waals surface area contributed by atoms with Crippen LogP contribution < -0.4 is 0 Å². The normalized spacial score (nSPS) is 8.71. The van der Waals surface area contributed by atoms with E-state index in [0.29, 0.717) is 0 Å². The zero-order valence-electron chi connectivity index (χ0n) is 11.3. The van der Waals surface area contributed by atoms with Gasteiger partial charge in [0.15, 0.2) is 0 Å². The van der Waals surface area contributed by atoms with Gasteiger partial charge in [-0.1, -0.05) is 60.7 Å². The van der Waals surface area contributed by atoms with Crippen molar-refractivity contribution < 1.29 is 13.2 Å². The summed E-state index contributed by atoms with van der Waals surface area (Å²) in [7, 11) is 0. The highest BCUT2D eigenvalue weighted by Gasteiger charge is 1.88. The van der Waals surface area contributed by atoms with Crippen LogP contribution in [0.4, 0.5) is 13.2 Å². The van der Waals surface area contributed by atoms with Crippen LogP contribution in [-0.2, 0) is 0 Å². The van der Waals surface area contributed by atoms with Gasteiger partial charge in [0.25, 0.3) is 0 Å². The van der Waals surface area contributed by atoms with Gasteiger partial charge >= 0.3 is 0 Å². The molecular weight excluding hydrogens is 273 g/mol. The molecule has 0 bridgehead atoms. The predicted molar refractivity (Wildman–Crippen MR) is 79.2 cm³/mol. The maximum atomic E-state index is 11.9. The molecule has 0 aliphatic carbocycles. The Bertz CT molecular complexity index is 551. The minimum Gasteiger partial charge on any atom is -0.207 e. The van der Waals surface area contributed by atoms with Crippen LogP contribution in [0.3, 0.4) is 0 Å². The summed E-state index contributed by atoms with van der Waals surface area (Å²) in [4.78, 5) is 0. The average molecular weight is 288 g/mol. The molecule has 0 spiro atoms.